The number of amidine groups is 1. The minimum absolute atomic E-state index is 0.305. The second-order valence-corrected chi connectivity index (χ2v) is 5.48. The number of aliphatic imine (C=N–C) groups is 1. The number of rotatable bonds is 6. The molecular formula is C13H25N3O3. The maximum Gasteiger partial charge on any atom is 0.407 e. The molecule has 0 atom stereocenters. The van der Waals surface area contributed by atoms with Crippen LogP contribution in [0, 0.1) is 0 Å². The third-order valence-electron chi connectivity index (χ3n) is 2.08. The Bertz CT molecular complexity index is 344. The van der Waals surface area contributed by atoms with Crippen molar-refractivity contribution in [3.8, 4) is 0 Å². The van der Waals surface area contributed by atoms with Gasteiger partial charge in [-0.05, 0) is 34.6 Å². The van der Waals surface area contributed by atoms with E-state index in [2.05, 4.69) is 16.9 Å². The lowest BCUT2D eigenvalue weighted by molar-refractivity contribution is 0.0279. The molecule has 0 fully saturated rings. The Hall–Kier alpha value is -1.56. The van der Waals surface area contributed by atoms with E-state index < -0.39 is 17.3 Å². The molecule has 1 amide bonds. The molecule has 0 unspecified atom stereocenters. The maximum absolute atomic E-state index is 11.4. The van der Waals surface area contributed by atoms with Crippen molar-refractivity contribution in [3.05, 3.63) is 12.8 Å². The van der Waals surface area contributed by atoms with Gasteiger partial charge >= 0.3 is 6.09 Å². The summed E-state index contributed by atoms with van der Waals surface area (Å²) in [6.07, 6.45) is 0.890. The van der Waals surface area contributed by atoms with Crippen LogP contribution in [0.3, 0.4) is 0 Å². The van der Waals surface area contributed by atoms with Crippen LogP contribution in [-0.2, 0) is 9.47 Å². The fourth-order valence-corrected chi connectivity index (χ4v) is 1.10. The van der Waals surface area contributed by atoms with E-state index in [4.69, 9.17) is 15.2 Å². The van der Waals surface area contributed by atoms with Crippen molar-refractivity contribution in [3.63, 3.8) is 0 Å². The van der Waals surface area contributed by atoms with Crippen molar-refractivity contribution in [1.82, 2.24) is 5.32 Å². The fraction of sp³-hybridized carbons (Fsp3) is 0.692. The molecule has 6 nitrogen and oxygen atoms in total. The number of nitrogens with two attached hydrogens (primary N) is 1. The van der Waals surface area contributed by atoms with Crippen LogP contribution in [-0.4, -0.2) is 36.3 Å². The zero-order valence-electron chi connectivity index (χ0n) is 12.4. The fourth-order valence-electron chi connectivity index (χ4n) is 1.10. The summed E-state index contributed by atoms with van der Waals surface area (Å²) < 4.78 is 10.6. The molecule has 0 aliphatic carbocycles. The summed E-state index contributed by atoms with van der Waals surface area (Å²) in [7, 11) is 0. The number of hydrogen-bond acceptors (Lipinski definition) is 4. The summed E-state index contributed by atoms with van der Waals surface area (Å²) in [5.74, 6) is 0.333. The van der Waals surface area contributed by atoms with Gasteiger partial charge < -0.3 is 20.5 Å². The number of amides is 1. The molecule has 0 aromatic rings. The topological polar surface area (TPSA) is 85.9 Å². The van der Waals surface area contributed by atoms with Gasteiger partial charge in [-0.25, -0.2) is 9.79 Å². The van der Waals surface area contributed by atoms with E-state index in [1.807, 2.05) is 0 Å². The second-order valence-electron chi connectivity index (χ2n) is 5.48. The van der Waals surface area contributed by atoms with Gasteiger partial charge in [0.25, 0.3) is 0 Å². The van der Waals surface area contributed by atoms with Crippen molar-refractivity contribution in [2.24, 2.45) is 10.7 Å². The van der Waals surface area contributed by atoms with Gasteiger partial charge in [0.05, 0.1) is 6.61 Å². The van der Waals surface area contributed by atoms with Crippen molar-refractivity contribution >= 4 is 11.9 Å². The molecule has 0 aromatic heterocycles. The molecule has 0 bridgehead atoms. The Morgan fingerprint density at radius 1 is 1.37 bits per heavy atom. The van der Waals surface area contributed by atoms with Crippen molar-refractivity contribution in [2.75, 3.05) is 13.2 Å². The summed E-state index contributed by atoms with van der Waals surface area (Å²) >= 11 is 0. The average molecular weight is 271 g/mol. The number of hydrogen-bond donors (Lipinski definition) is 2. The predicted octanol–water partition coefficient (Wildman–Crippen LogP) is 1.81. The normalized spacial score (nSPS) is 13.0. The smallest absolute Gasteiger partial charge is 0.407 e. The Morgan fingerprint density at radius 3 is 2.42 bits per heavy atom. The third-order valence-corrected chi connectivity index (χ3v) is 2.08. The van der Waals surface area contributed by atoms with Crippen molar-refractivity contribution < 1.29 is 14.3 Å². The minimum Gasteiger partial charge on any atom is -0.444 e. The summed E-state index contributed by atoms with van der Waals surface area (Å²) in [5, 5.41) is 2.60. The lowest BCUT2D eigenvalue weighted by Gasteiger charge is -2.25. The monoisotopic (exact) mass is 271 g/mol. The number of alkyl carbamates (subject to hydrolysis) is 1. The zero-order chi connectivity index (χ0) is 15.1. The first-order chi connectivity index (χ1) is 8.58. The SMILES string of the molecule is C=C/N=C(/N)C(C)(C)OCCNC(=O)OC(C)(C)C. The van der Waals surface area contributed by atoms with E-state index in [9.17, 15) is 4.79 Å². The van der Waals surface area contributed by atoms with Crippen LogP contribution in [0.25, 0.3) is 0 Å². The van der Waals surface area contributed by atoms with Gasteiger partial charge in [0, 0.05) is 12.7 Å². The summed E-state index contributed by atoms with van der Waals surface area (Å²) in [5.41, 5.74) is 4.52. The van der Waals surface area contributed by atoms with Crippen LogP contribution in [0.5, 0.6) is 0 Å². The van der Waals surface area contributed by atoms with Gasteiger partial charge in [0.2, 0.25) is 0 Å². The van der Waals surface area contributed by atoms with Crippen molar-refractivity contribution in [2.45, 2.75) is 45.8 Å². The molecule has 0 saturated carbocycles. The lowest BCUT2D eigenvalue weighted by atomic mass is 10.1. The van der Waals surface area contributed by atoms with Crippen LogP contribution in [0.2, 0.25) is 0 Å². The standard InChI is InChI=1S/C13H25N3O3/c1-7-15-10(14)13(5,6)18-9-8-16-11(17)19-12(2,3)4/h7H,1,8-9H2,2-6H3,(H2,14,15)(H,16,17). The molecule has 0 aliphatic heterocycles. The van der Waals surface area contributed by atoms with Gasteiger partial charge in [-0.1, -0.05) is 6.58 Å². The van der Waals surface area contributed by atoms with Gasteiger partial charge in [0.15, 0.2) is 0 Å². The first-order valence-electron chi connectivity index (χ1n) is 6.14. The maximum atomic E-state index is 11.4. The van der Waals surface area contributed by atoms with Crippen LogP contribution >= 0.6 is 0 Å². The molecule has 0 saturated heterocycles. The van der Waals surface area contributed by atoms with Crippen LogP contribution < -0.4 is 11.1 Å². The molecule has 3 N–H and O–H groups in total. The third kappa shape index (κ3) is 8.20. The predicted molar refractivity (Wildman–Crippen MR) is 76.1 cm³/mol. The van der Waals surface area contributed by atoms with Gasteiger partial charge in [-0.3, -0.25) is 0 Å². The Balaban J connectivity index is 4.02. The zero-order valence-corrected chi connectivity index (χ0v) is 12.4. The largest absolute Gasteiger partial charge is 0.444 e. The average Bonchev–Trinajstić information content (AvgIpc) is 2.22. The molecule has 6 heteroatoms. The Labute approximate surface area is 115 Å². The molecule has 0 aliphatic rings. The van der Waals surface area contributed by atoms with E-state index in [0.717, 1.165) is 0 Å². The Kier molecular flexibility index (Phi) is 6.55. The molecule has 0 heterocycles. The summed E-state index contributed by atoms with van der Waals surface area (Å²) in [6, 6.07) is 0. The highest BCUT2D eigenvalue weighted by Crippen LogP contribution is 2.09. The van der Waals surface area contributed by atoms with Gasteiger partial charge in [0.1, 0.15) is 17.0 Å². The molecule has 0 spiro atoms. The molecule has 110 valence electrons. The quantitative estimate of drug-likeness (QED) is 0.438. The van der Waals surface area contributed by atoms with Crippen LogP contribution in [0.1, 0.15) is 34.6 Å². The highest BCUT2D eigenvalue weighted by atomic mass is 16.6. The first-order valence-corrected chi connectivity index (χ1v) is 6.14. The first kappa shape index (κ1) is 17.4. The second kappa shape index (κ2) is 7.13. The van der Waals surface area contributed by atoms with E-state index in [0.29, 0.717) is 19.0 Å². The lowest BCUT2D eigenvalue weighted by Crippen LogP contribution is -2.43. The van der Waals surface area contributed by atoms with E-state index in [1.165, 1.54) is 6.20 Å². The number of nitrogens with zero attached hydrogens (tertiary/aromatic N) is 1. The van der Waals surface area contributed by atoms with Gasteiger partial charge in [-0.2, -0.15) is 0 Å². The highest BCUT2D eigenvalue weighted by Gasteiger charge is 2.23. The molecule has 19 heavy (non-hydrogen) atoms. The van der Waals surface area contributed by atoms with E-state index >= 15 is 0 Å². The van der Waals surface area contributed by atoms with Crippen LogP contribution in [0.4, 0.5) is 4.79 Å². The van der Waals surface area contributed by atoms with Crippen LogP contribution in [0.15, 0.2) is 17.8 Å². The van der Waals surface area contributed by atoms with E-state index in [-0.39, 0.29) is 0 Å². The number of nitrogens with one attached hydrogen (secondary N) is 1. The molecule has 0 rings (SSSR count). The molecule has 0 aromatic carbocycles. The Morgan fingerprint density at radius 2 is 1.95 bits per heavy atom. The van der Waals surface area contributed by atoms with E-state index in [1.54, 1.807) is 34.6 Å². The molecular weight excluding hydrogens is 246 g/mol. The number of ether oxygens (including phenoxy) is 2. The number of carbonyl (C=O) groups excluding carboxylic acids is 1. The number of carbonyl (C=O) groups is 1. The molecule has 0 radical (unpaired) electrons. The minimum atomic E-state index is -0.705. The van der Waals surface area contributed by atoms with Crippen molar-refractivity contribution in [1.29, 1.82) is 0 Å². The highest BCUT2D eigenvalue weighted by molar-refractivity contribution is 5.88. The van der Waals surface area contributed by atoms with Gasteiger partial charge in [-0.15, -0.1) is 0 Å². The summed E-state index contributed by atoms with van der Waals surface area (Å²) in [4.78, 5) is 15.2. The summed E-state index contributed by atoms with van der Waals surface area (Å²) in [6.45, 7) is 13.1.